The third-order valence-corrected chi connectivity index (χ3v) is 14.8. The number of anilines is 2. The van der Waals surface area contributed by atoms with E-state index in [1.807, 2.05) is 191 Å². The van der Waals surface area contributed by atoms with Gasteiger partial charge in [0, 0.05) is 50.6 Å². The van der Waals surface area contributed by atoms with E-state index in [0.29, 0.717) is 76.3 Å². The molecule has 3 heterocycles. The lowest BCUT2D eigenvalue weighted by molar-refractivity contribution is -0.163. The van der Waals surface area contributed by atoms with Crippen LogP contribution in [0.3, 0.4) is 0 Å². The summed E-state index contributed by atoms with van der Waals surface area (Å²) < 4.78 is 35.2. The van der Waals surface area contributed by atoms with Gasteiger partial charge in [0.05, 0.1) is 24.3 Å². The van der Waals surface area contributed by atoms with Crippen LogP contribution in [0.5, 0.6) is 0 Å². The maximum atomic E-state index is 15.2. The number of carbonyl (C=O) groups is 7. The molecule has 86 heavy (non-hydrogen) atoms. The molecule has 6 atom stereocenters. The Morgan fingerprint density at radius 3 is 1.10 bits per heavy atom. The molecule has 0 bridgehead atoms. The Kier molecular flexibility index (Phi) is 21.8. The summed E-state index contributed by atoms with van der Waals surface area (Å²) in [5.74, 6) is -3.62. The number of ether oxygens (including phenoxy) is 6. The van der Waals surface area contributed by atoms with Gasteiger partial charge in [0.2, 0.25) is 0 Å². The van der Waals surface area contributed by atoms with Crippen LogP contribution < -0.4 is 10.2 Å². The van der Waals surface area contributed by atoms with Crippen LogP contribution in [-0.4, -0.2) is 130 Å². The van der Waals surface area contributed by atoms with E-state index in [0.717, 1.165) is 22.3 Å². The molecule has 3 aliphatic heterocycles. The summed E-state index contributed by atoms with van der Waals surface area (Å²) in [4.78, 5) is 104. The van der Waals surface area contributed by atoms with Crippen molar-refractivity contribution in [1.82, 2.24) is 14.7 Å². The summed E-state index contributed by atoms with van der Waals surface area (Å²) in [6, 6.07) is 22.2. The fourth-order valence-electron chi connectivity index (χ4n) is 11.2. The van der Waals surface area contributed by atoms with E-state index in [2.05, 4.69) is 5.32 Å². The standard InChI is InChI=1S/C68H99N5O13/c1-63(2,3)81-56(74)53(48-28-31-70(41-48)60(78)84-66(10,11)12)37-44-22-19-25-47(34-44)40-73(52-27-21-24-46(36-52)39-55(58(76)83-65(7,8)9)50-30-33-72(43-50)62(80)86-68(16,17)18)59(77)69-51-26-20-23-45(35-51)38-54(57(75)82-64(4,5)6)49-29-32-71(42-49)61(79)85-67(13,14)15/h19-27,34-36,48-50,53-55H,28-33,37-43H2,1-18H3,(H,69,77)/t48-,49-,50-,53-,54-,55-/m0/s1. The first kappa shape index (κ1) is 68.3. The van der Waals surface area contributed by atoms with Gasteiger partial charge in [0.1, 0.15) is 33.6 Å². The van der Waals surface area contributed by atoms with Crippen molar-refractivity contribution in [3.8, 4) is 0 Å². The zero-order valence-corrected chi connectivity index (χ0v) is 54.7. The molecule has 474 valence electrons. The largest absolute Gasteiger partial charge is 0.460 e. The fourth-order valence-corrected chi connectivity index (χ4v) is 11.2. The van der Waals surface area contributed by atoms with Gasteiger partial charge in [-0.1, -0.05) is 48.5 Å². The molecule has 3 aliphatic rings. The molecule has 18 nitrogen and oxygen atoms in total. The first-order valence-corrected chi connectivity index (χ1v) is 30.6. The summed E-state index contributed by atoms with van der Waals surface area (Å²) in [7, 11) is 0. The van der Waals surface area contributed by atoms with Gasteiger partial charge in [-0.15, -0.1) is 0 Å². The number of nitrogens with one attached hydrogen (secondary N) is 1. The fraction of sp³-hybridized carbons (Fsp3) is 0.632. The van der Waals surface area contributed by atoms with E-state index >= 15 is 4.79 Å². The molecule has 1 N–H and O–H groups in total. The van der Waals surface area contributed by atoms with Crippen LogP contribution in [0.25, 0.3) is 0 Å². The highest BCUT2D eigenvalue weighted by Gasteiger charge is 2.43. The van der Waals surface area contributed by atoms with Crippen LogP contribution in [0.15, 0.2) is 72.8 Å². The van der Waals surface area contributed by atoms with Crippen molar-refractivity contribution in [3.63, 3.8) is 0 Å². The van der Waals surface area contributed by atoms with Gasteiger partial charge in [0.15, 0.2) is 0 Å². The van der Waals surface area contributed by atoms with Crippen molar-refractivity contribution < 1.29 is 62.0 Å². The normalized spacial score (nSPS) is 18.8. The molecule has 0 aromatic heterocycles. The predicted molar refractivity (Wildman–Crippen MR) is 331 cm³/mol. The van der Waals surface area contributed by atoms with E-state index < -0.39 is 75.7 Å². The topological polar surface area (TPSA) is 200 Å². The highest BCUT2D eigenvalue weighted by molar-refractivity contribution is 6.01. The van der Waals surface area contributed by atoms with Gasteiger partial charge in [0.25, 0.3) is 0 Å². The monoisotopic (exact) mass is 1190 g/mol. The number of hydrogen-bond acceptors (Lipinski definition) is 13. The molecular formula is C68H99N5O13. The lowest BCUT2D eigenvalue weighted by Crippen LogP contribution is -2.38. The molecule has 3 saturated heterocycles. The van der Waals surface area contributed by atoms with Crippen molar-refractivity contribution in [2.75, 3.05) is 49.5 Å². The zero-order valence-electron chi connectivity index (χ0n) is 54.7. The van der Waals surface area contributed by atoms with Crippen LogP contribution in [0.1, 0.15) is 166 Å². The van der Waals surface area contributed by atoms with Crippen molar-refractivity contribution in [3.05, 3.63) is 95.1 Å². The second kappa shape index (κ2) is 27.5. The third-order valence-electron chi connectivity index (χ3n) is 14.8. The van der Waals surface area contributed by atoms with Crippen LogP contribution in [0, 0.1) is 35.5 Å². The molecule has 18 heteroatoms. The molecule has 6 rings (SSSR count). The number of carbonyl (C=O) groups excluding carboxylic acids is 7. The molecule has 3 fully saturated rings. The number of nitrogens with zero attached hydrogens (tertiary/aromatic N) is 4. The van der Waals surface area contributed by atoms with E-state index in [1.54, 1.807) is 25.7 Å². The minimum Gasteiger partial charge on any atom is -0.460 e. The molecule has 0 spiro atoms. The third kappa shape index (κ3) is 21.5. The molecule has 0 radical (unpaired) electrons. The van der Waals surface area contributed by atoms with Crippen molar-refractivity contribution in [2.24, 2.45) is 35.5 Å². The summed E-state index contributed by atoms with van der Waals surface area (Å²) in [5, 5.41) is 3.16. The number of rotatable bonds is 16. The Morgan fingerprint density at radius 1 is 0.430 bits per heavy atom. The molecule has 0 unspecified atom stereocenters. The number of esters is 3. The zero-order chi connectivity index (χ0) is 63.9. The van der Waals surface area contributed by atoms with Crippen molar-refractivity contribution >= 4 is 53.6 Å². The van der Waals surface area contributed by atoms with Gasteiger partial charge >= 0.3 is 42.2 Å². The lowest BCUT2D eigenvalue weighted by atomic mass is 9.85. The average molecular weight is 1190 g/mol. The lowest BCUT2D eigenvalue weighted by Gasteiger charge is -2.29. The highest BCUT2D eigenvalue weighted by atomic mass is 16.6. The van der Waals surface area contributed by atoms with E-state index in [4.69, 9.17) is 28.4 Å². The number of likely N-dealkylation sites (tertiary alicyclic amines) is 3. The van der Waals surface area contributed by atoms with Gasteiger partial charge in [-0.3, -0.25) is 19.3 Å². The Labute approximate surface area is 511 Å². The number of benzene rings is 3. The smallest absolute Gasteiger partial charge is 0.410 e. The quantitative estimate of drug-likeness (QED) is 0.105. The van der Waals surface area contributed by atoms with E-state index in [-0.39, 0.29) is 55.0 Å². The van der Waals surface area contributed by atoms with Crippen LogP contribution in [-0.2, 0) is 68.6 Å². The SMILES string of the molecule is CC(C)(C)OC(=O)[C@@H](Cc1cccc(CN(C(=O)Nc2cccc(C[C@H](C(=O)OC(C)(C)C)[C@H]3CCN(C(=O)OC(C)(C)C)C3)c2)c2cccc(C[C@H](C(=O)OC(C)(C)C)[C@H]3CCN(C(=O)OC(C)(C)C)C3)c2)c1)[C@H]1CCN(C(=O)OC(C)(C)C)C1. The summed E-state index contributed by atoms with van der Waals surface area (Å²) >= 11 is 0. The Hall–Kier alpha value is -6.85. The Balaban J connectivity index is 1.34. The van der Waals surface area contributed by atoms with Gasteiger partial charge in [-0.05, 0) is 227 Å². The highest BCUT2D eigenvalue weighted by Crippen LogP contribution is 2.36. The van der Waals surface area contributed by atoms with E-state index in [1.165, 1.54) is 0 Å². The second-order valence-corrected chi connectivity index (χ2v) is 29.7. The molecule has 0 aliphatic carbocycles. The molecule has 3 aromatic rings. The summed E-state index contributed by atoms with van der Waals surface area (Å²) in [6.45, 7) is 35.2. The minimum absolute atomic E-state index is 0.0787. The summed E-state index contributed by atoms with van der Waals surface area (Å²) in [5.41, 5.74) is -0.190. The Bertz CT molecular complexity index is 2880. The molecular weight excluding hydrogens is 1090 g/mol. The van der Waals surface area contributed by atoms with Gasteiger partial charge in [-0.2, -0.15) is 0 Å². The number of amides is 5. The summed E-state index contributed by atoms with van der Waals surface area (Å²) in [6.07, 6.45) is 1.29. The van der Waals surface area contributed by atoms with Gasteiger partial charge < -0.3 is 48.4 Å². The average Bonchev–Trinajstić information content (AvgIpc) is 3.27. The molecule has 0 saturated carbocycles. The first-order valence-electron chi connectivity index (χ1n) is 30.6. The molecule has 3 aromatic carbocycles. The first-order chi connectivity index (χ1) is 39.7. The van der Waals surface area contributed by atoms with Crippen molar-refractivity contribution in [2.45, 2.75) is 203 Å². The van der Waals surface area contributed by atoms with Crippen LogP contribution in [0.2, 0.25) is 0 Å². The van der Waals surface area contributed by atoms with Crippen molar-refractivity contribution in [1.29, 1.82) is 0 Å². The maximum absolute atomic E-state index is 15.2. The van der Waals surface area contributed by atoms with Crippen LogP contribution >= 0.6 is 0 Å². The van der Waals surface area contributed by atoms with Crippen LogP contribution in [0.4, 0.5) is 30.6 Å². The Morgan fingerprint density at radius 2 is 0.744 bits per heavy atom. The maximum Gasteiger partial charge on any atom is 0.410 e. The number of hydrogen-bond donors (Lipinski definition) is 1. The number of urea groups is 1. The molecule has 5 amide bonds. The van der Waals surface area contributed by atoms with Gasteiger partial charge in [-0.25, -0.2) is 19.2 Å². The minimum atomic E-state index is -0.776. The van der Waals surface area contributed by atoms with E-state index in [9.17, 15) is 28.8 Å². The second-order valence-electron chi connectivity index (χ2n) is 29.7. The predicted octanol–water partition coefficient (Wildman–Crippen LogP) is 13.2.